The molecule has 150 valence electrons. The number of aryl methyl sites for hydroxylation is 2. The number of hydrogen-bond acceptors (Lipinski definition) is 8. The summed E-state index contributed by atoms with van der Waals surface area (Å²) in [7, 11) is 0. The van der Waals surface area contributed by atoms with Crippen molar-refractivity contribution in [1.82, 2.24) is 20.7 Å². The van der Waals surface area contributed by atoms with Crippen LogP contribution in [0.15, 0.2) is 69.6 Å². The lowest BCUT2D eigenvalue weighted by Crippen LogP contribution is -2.33. The Balaban J connectivity index is 1.63. The molecule has 0 bridgehead atoms. The van der Waals surface area contributed by atoms with Gasteiger partial charge >= 0.3 is 0 Å². The summed E-state index contributed by atoms with van der Waals surface area (Å²) < 4.78 is 0. The van der Waals surface area contributed by atoms with Gasteiger partial charge in [-0.15, -0.1) is 21.5 Å². The molecule has 1 atom stereocenters. The van der Waals surface area contributed by atoms with Gasteiger partial charge in [0.25, 0.3) is 0 Å². The SMILES string of the molecule is Cc1cccc(Sc2nnc3ccccc3c2C2=N[C@@H](c3ccc(C)s3)CON2)n1. The Hall–Kier alpha value is -2.81. The molecule has 0 unspecified atom stereocenters. The third kappa shape index (κ3) is 3.81. The van der Waals surface area contributed by atoms with E-state index in [9.17, 15) is 0 Å². The van der Waals surface area contributed by atoms with Crippen LogP contribution in [0.3, 0.4) is 0 Å². The van der Waals surface area contributed by atoms with Gasteiger partial charge in [-0.25, -0.2) is 10.5 Å². The minimum absolute atomic E-state index is 0.0539. The molecule has 8 heteroatoms. The van der Waals surface area contributed by atoms with Crippen molar-refractivity contribution in [3.63, 3.8) is 0 Å². The average Bonchev–Trinajstić information content (AvgIpc) is 3.20. The molecular formula is C22H19N5OS2. The number of nitrogens with zero attached hydrogens (tertiary/aromatic N) is 4. The van der Waals surface area contributed by atoms with Crippen molar-refractivity contribution >= 4 is 39.8 Å². The minimum atomic E-state index is -0.0539. The molecule has 3 aromatic heterocycles. The largest absolute Gasteiger partial charge is 0.272 e. The number of hydroxylamine groups is 1. The van der Waals surface area contributed by atoms with E-state index >= 15 is 0 Å². The first-order valence-electron chi connectivity index (χ1n) is 9.56. The second kappa shape index (κ2) is 8.14. The Morgan fingerprint density at radius 2 is 1.93 bits per heavy atom. The van der Waals surface area contributed by atoms with Crippen LogP contribution in [0.2, 0.25) is 0 Å². The van der Waals surface area contributed by atoms with Gasteiger partial charge in [0.15, 0.2) is 5.84 Å². The number of aliphatic imine (C=N–C) groups is 1. The molecule has 0 fully saturated rings. The number of thiophene rings is 1. The molecule has 5 rings (SSSR count). The first kappa shape index (κ1) is 19.2. The third-order valence-electron chi connectivity index (χ3n) is 4.72. The topological polar surface area (TPSA) is 72.3 Å². The summed E-state index contributed by atoms with van der Waals surface area (Å²) in [5.41, 5.74) is 5.68. The zero-order chi connectivity index (χ0) is 20.5. The number of amidine groups is 1. The highest BCUT2D eigenvalue weighted by Crippen LogP contribution is 2.34. The maximum atomic E-state index is 5.74. The van der Waals surface area contributed by atoms with Crippen LogP contribution in [0.25, 0.3) is 10.9 Å². The Bertz CT molecular complexity index is 1250. The van der Waals surface area contributed by atoms with Gasteiger partial charge in [0, 0.05) is 20.8 Å². The van der Waals surface area contributed by atoms with E-state index in [4.69, 9.17) is 9.83 Å². The molecule has 1 N–H and O–H groups in total. The zero-order valence-electron chi connectivity index (χ0n) is 16.5. The summed E-state index contributed by atoms with van der Waals surface area (Å²) in [4.78, 5) is 17.8. The van der Waals surface area contributed by atoms with Crippen molar-refractivity contribution in [2.45, 2.75) is 29.9 Å². The van der Waals surface area contributed by atoms with E-state index in [2.05, 4.69) is 39.7 Å². The van der Waals surface area contributed by atoms with E-state index in [-0.39, 0.29) is 6.04 Å². The van der Waals surface area contributed by atoms with Crippen LogP contribution in [0.5, 0.6) is 0 Å². The van der Waals surface area contributed by atoms with Crippen LogP contribution in [0, 0.1) is 13.8 Å². The summed E-state index contributed by atoms with van der Waals surface area (Å²) in [5, 5.41) is 11.5. The predicted molar refractivity (Wildman–Crippen MR) is 120 cm³/mol. The normalized spacial score (nSPS) is 16.3. The van der Waals surface area contributed by atoms with Crippen molar-refractivity contribution in [1.29, 1.82) is 0 Å². The Morgan fingerprint density at radius 1 is 1.03 bits per heavy atom. The predicted octanol–water partition coefficient (Wildman–Crippen LogP) is 4.88. The summed E-state index contributed by atoms with van der Waals surface area (Å²) in [5.74, 6) is 0.665. The molecule has 4 aromatic rings. The first-order chi connectivity index (χ1) is 14.7. The maximum absolute atomic E-state index is 5.74. The monoisotopic (exact) mass is 433 g/mol. The summed E-state index contributed by atoms with van der Waals surface area (Å²) >= 11 is 3.23. The second-order valence-electron chi connectivity index (χ2n) is 6.97. The third-order valence-corrected chi connectivity index (χ3v) is 6.74. The van der Waals surface area contributed by atoms with Gasteiger partial charge in [0.05, 0.1) is 11.1 Å². The lowest BCUT2D eigenvalue weighted by Gasteiger charge is -2.22. The van der Waals surface area contributed by atoms with Crippen molar-refractivity contribution in [2.24, 2.45) is 4.99 Å². The number of benzene rings is 1. The van der Waals surface area contributed by atoms with E-state index in [1.54, 1.807) is 11.3 Å². The summed E-state index contributed by atoms with van der Waals surface area (Å²) in [6.45, 7) is 4.57. The Labute approximate surface area is 182 Å². The molecule has 6 nitrogen and oxygen atoms in total. The smallest absolute Gasteiger partial charge is 0.156 e. The fraction of sp³-hybridized carbons (Fsp3) is 0.182. The number of fused-ring (bicyclic) bond motifs is 1. The zero-order valence-corrected chi connectivity index (χ0v) is 18.1. The van der Waals surface area contributed by atoms with Crippen LogP contribution >= 0.6 is 23.1 Å². The molecule has 0 amide bonds. The quantitative estimate of drug-likeness (QED) is 0.495. The minimum Gasteiger partial charge on any atom is -0.272 e. The number of nitrogens with one attached hydrogen (secondary N) is 1. The van der Waals surface area contributed by atoms with Crippen LogP contribution in [0.1, 0.15) is 27.1 Å². The van der Waals surface area contributed by atoms with Crippen molar-refractivity contribution in [3.8, 4) is 0 Å². The van der Waals surface area contributed by atoms with E-state index in [0.717, 1.165) is 32.2 Å². The molecular weight excluding hydrogens is 414 g/mol. The molecule has 4 heterocycles. The molecule has 0 spiro atoms. The van der Waals surface area contributed by atoms with Crippen LogP contribution in [-0.4, -0.2) is 27.6 Å². The van der Waals surface area contributed by atoms with Gasteiger partial charge in [-0.1, -0.05) is 24.3 Å². The van der Waals surface area contributed by atoms with E-state index in [1.807, 2.05) is 49.4 Å². The molecule has 30 heavy (non-hydrogen) atoms. The highest BCUT2D eigenvalue weighted by molar-refractivity contribution is 7.99. The lowest BCUT2D eigenvalue weighted by molar-refractivity contribution is 0.0628. The van der Waals surface area contributed by atoms with Crippen molar-refractivity contribution < 1.29 is 4.84 Å². The molecule has 0 saturated heterocycles. The van der Waals surface area contributed by atoms with Gasteiger partial charge in [-0.3, -0.25) is 9.83 Å². The summed E-state index contributed by atoms with van der Waals surface area (Å²) in [6, 6.07) is 18.1. The molecule has 0 radical (unpaired) electrons. The fourth-order valence-electron chi connectivity index (χ4n) is 3.31. The number of rotatable bonds is 4. The van der Waals surface area contributed by atoms with Gasteiger partial charge in [-0.05, 0) is 55.9 Å². The molecule has 0 aliphatic carbocycles. The second-order valence-corrected chi connectivity index (χ2v) is 9.30. The number of hydrogen-bond donors (Lipinski definition) is 1. The van der Waals surface area contributed by atoms with E-state index < -0.39 is 0 Å². The van der Waals surface area contributed by atoms with Gasteiger partial charge in [-0.2, -0.15) is 0 Å². The Kier molecular flexibility index (Phi) is 5.20. The maximum Gasteiger partial charge on any atom is 0.156 e. The number of aromatic nitrogens is 3. The molecule has 1 aliphatic heterocycles. The highest BCUT2D eigenvalue weighted by Gasteiger charge is 2.24. The molecule has 0 saturated carbocycles. The number of pyridine rings is 1. The molecule has 1 aromatic carbocycles. The van der Waals surface area contributed by atoms with E-state index in [1.165, 1.54) is 21.5 Å². The average molecular weight is 434 g/mol. The molecule has 1 aliphatic rings. The first-order valence-corrected chi connectivity index (χ1v) is 11.2. The lowest BCUT2D eigenvalue weighted by atomic mass is 10.1. The van der Waals surface area contributed by atoms with Gasteiger partial charge < -0.3 is 0 Å². The highest BCUT2D eigenvalue weighted by atomic mass is 32.2. The fourth-order valence-corrected chi connectivity index (χ4v) is 5.14. The van der Waals surface area contributed by atoms with E-state index in [0.29, 0.717) is 12.4 Å². The summed E-state index contributed by atoms with van der Waals surface area (Å²) in [6.07, 6.45) is 0. The van der Waals surface area contributed by atoms with Gasteiger partial charge in [0.2, 0.25) is 0 Å². The Morgan fingerprint density at radius 3 is 2.77 bits per heavy atom. The van der Waals surface area contributed by atoms with Crippen molar-refractivity contribution in [3.05, 3.63) is 75.6 Å². The van der Waals surface area contributed by atoms with Gasteiger partial charge in [0.1, 0.15) is 22.7 Å². The standard InChI is InChI=1S/C22H19N5OS2/c1-13-6-5-9-19(23-13)30-22-20(15-7-3-4-8-16(15)25-26-22)21-24-17(12-28-27-21)18-11-10-14(2)29-18/h3-11,17H,12H2,1-2H3,(H,24,27)/t17-/m1/s1. The van der Waals surface area contributed by atoms with Crippen LogP contribution in [-0.2, 0) is 4.84 Å². The van der Waals surface area contributed by atoms with Crippen molar-refractivity contribution in [2.75, 3.05) is 6.61 Å². The van der Waals surface area contributed by atoms with Crippen LogP contribution < -0.4 is 5.48 Å². The van der Waals surface area contributed by atoms with Crippen LogP contribution in [0.4, 0.5) is 0 Å².